The second-order valence-corrected chi connectivity index (χ2v) is 5.05. The third kappa shape index (κ3) is 2.82. The fraction of sp³-hybridized carbons (Fsp3) is 0.500. The second-order valence-electron chi connectivity index (χ2n) is 5.05. The molecule has 0 fully saturated rings. The first-order valence-electron chi connectivity index (χ1n) is 6.36. The van der Waals surface area contributed by atoms with Crippen LogP contribution in [0.2, 0.25) is 0 Å². The van der Waals surface area contributed by atoms with Crippen molar-refractivity contribution in [2.24, 2.45) is 0 Å². The summed E-state index contributed by atoms with van der Waals surface area (Å²) in [5.41, 5.74) is 9.47. The van der Waals surface area contributed by atoms with E-state index in [1.165, 1.54) is 11.1 Å². The van der Waals surface area contributed by atoms with Crippen LogP contribution in [0.4, 0.5) is 5.69 Å². The summed E-state index contributed by atoms with van der Waals surface area (Å²) in [7, 11) is 3.59. The highest BCUT2D eigenvalue weighted by Crippen LogP contribution is 2.24. The number of nitrogen functional groups attached to an aromatic ring is 1. The Labute approximate surface area is 108 Å². The highest BCUT2D eigenvalue weighted by Gasteiger charge is 2.18. The molecule has 2 N–H and O–H groups in total. The largest absolute Gasteiger partial charge is 0.398 e. The molecule has 2 rings (SSSR count). The number of amides is 1. The summed E-state index contributed by atoms with van der Waals surface area (Å²) in [6.45, 7) is 2.69. The van der Waals surface area contributed by atoms with Crippen LogP contribution >= 0.6 is 0 Å². The van der Waals surface area contributed by atoms with E-state index < -0.39 is 0 Å². The smallest absolute Gasteiger partial charge is 0.223 e. The molecule has 98 valence electrons. The van der Waals surface area contributed by atoms with Crippen molar-refractivity contribution in [2.45, 2.75) is 19.4 Å². The van der Waals surface area contributed by atoms with Gasteiger partial charge in [0.05, 0.1) is 0 Å². The number of anilines is 1. The molecule has 0 bridgehead atoms. The second kappa shape index (κ2) is 5.40. The molecule has 0 unspecified atom stereocenters. The molecule has 0 aliphatic carbocycles. The van der Waals surface area contributed by atoms with Crippen LogP contribution < -0.4 is 5.73 Å². The summed E-state index contributed by atoms with van der Waals surface area (Å²) in [5, 5.41) is 0. The molecule has 0 saturated carbocycles. The van der Waals surface area contributed by atoms with Crippen LogP contribution in [-0.4, -0.2) is 42.9 Å². The van der Waals surface area contributed by atoms with Gasteiger partial charge in [-0.3, -0.25) is 9.69 Å². The molecular formula is C14H21N3O. The Morgan fingerprint density at radius 2 is 2.22 bits per heavy atom. The predicted octanol–water partition coefficient (Wildman–Crippen LogP) is 1.11. The van der Waals surface area contributed by atoms with Crippen LogP contribution in [0.1, 0.15) is 17.5 Å². The lowest BCUT2D eigenvalue weighted by Gasteiger charge is -2.29. The van der Waals surface area contributed by atoms with E-state index in [4.69, 9.17) is 5.73 Å². The summed E-state index contributed by atoms with van der Waals surface area (Å²) >= 11 is 0. The average Bonchev–Trinajstić information content (AvgIpc) is 2.36. The lowest BCUT2D eigenvalue weighted by Crippen LogP contribution is -2.34. The maximum Gasteiger partial charge on any atom is 0.223 e. The van der Waals surface area contributed by atoms with Crippen molar-refractivity contribution in [1.82, 2.24) is 9.80 Å². The van der Waals surface area contributed by atoms with Crippen LogP contribution in [0, 0.1) is 0 Å². The summed E-state index contributed by atoms with van der Waals surface area (Å²) in [6, 6.07) is 6.11. The highest BCUT2D eigenvalue weighted by atomic mass is 16.2. The van der Waals surface area contributed by atoms with Crippen molar-refractivity contribution < 1.29 is 4.79 Å². The number of nitrogens with two attached hydrogens (primary N) is 1. The summed E-state index contributed by atoms with van der Waals surface area (Å²) in [4.78, 5) is 15.5. The van der Waals surface area contributed by atoms with Crippen molar-refractivity contribution in [3.63, 3.8) is 0 Å². The number of hydrogen-bond donors (Lipinski definition) is 1. The van der Waals surface area contributed by atoms with E-state index in [1.54, 1.807) is 19.0 Å². The Morgan fingerprint density at radius 1 is 1.44 bits per heavy atom. The fourth-order valence-electron chi connectivity index (χ4n) is 2.33. The first-order valence-corrected chi connectivity index (χ1v) is 6.36. The summed E-state index contributed by atoms with van der Waals surface area (Å²) < 4.78 is 0. The normalized spacial score (nSPS) is 15.2. The minimum atomic E-state index is 0.182. The zero-order chi connectivity index (χ0) is 13.1. The van der Waals surface area contributed by atoms with Gasteiger partial charge in [0, 0.05) is 45.8 Å². The SMILES string of the molecule is CN(C)C(=O)CCN1CCc2cccc(N)c2C1. The molecule has 4 nitrogen and oxygen atoms in total. The number of benzene rings is 1. The van der Waals surface area contributed by atoms with Crippen molar-refractivity contribution >= 4 is 11.6 Å². The number of hydrogen-bond acceptors (Lipinski definition) is 3. The zero-order valence-corrected chi connectivity index (χ0v) is 11.1. The molecule has 0 spiro atoms. The number of fused-ring (bicyclic) bond motifs is 1. The van der Waals surface area contributed by atoms with Crippen molar-refractivity contribution in [2.75, 3.05) is 32.9 Å². The van der Waals surface area contributed by atoms with Gasteiger partial charge in [0.25, 0.3) is 0 Å². The van der Waals surface area contributed by atoms with Crippen LogP contribution in [0.25, 0.3) is 0 Å². The third-order valence-corrected chi connectivity index (χ3v) is 3.53. The van der Waals surface area contributed by atoms with E-state index in [2.05, 4.69) is 11.0 Å². The van der Waals surface area contributed by atoms with E-state index in [9.17, 15) is 4.79 Å². The van der Waals surface area contributed by atoms with Gasteiger partial charge in [0.15, 0.2) is 0 Å². The Morgan fingerprint density at radius 3 is 2.94 bits per heavy atom. The van der Waals surface area contributed by atoms with Crippen molar-refractivity contribution in [3.8, 4) is 0 Å². The maximum atomic E-state index is 11.6. The van der Waals surface area contributed by atoms with Gasteiger partial charge >= 0.3 is 0 Å². The van der Waals surface area contributed by atoms with E-state index in [0.717, 1.165) is 31.7 Å². The molecule has 0 saturated heterocycles. The Kier molecular flexibility index (Phi) is 3.87. The highest BCUT2D eigenvalue weighted by molar-refractivity contribution is 5.75. The van der Waals surface area contributed by atoms with Crippen LogP contribution in [0.15, 0.2) is 18.2 Å². The van der Waals surface area contributed by atoms with E-state index in [-0.39, 0.29) is 5.91 Å². The first kappa shape index (κ1) is 12.9. The molecule has 0 atom stereocenters. The molecule has 1 aromatic carbocycles. The fourth-order valence-corrected chi connectivity index (χ4v) is 2.33. The number of carbonyl (C=O) groups is 1. The quantitative estimate of drug-likeness (QED) is 0.814. The third-order valence-electron chi connectivity index (χ3n) is 3.53. The monoisotopic (exact) mass is 247 g/mol. The van der Waals surface area contributed by atoms with Gasteiger partial charge in [-0.1, -0.05) is 12.1 Å². The molecule has 1 aliphatic heterocycles. The molecule has 1 amide bonds. The van der Waals surface area contributed by atoms with Crippen LogP contribution in [-0.2, 0) is 17.8 Å². The minimum Gasteiger partial charge on any atom is -0.398 e. The van der Waals surface area contributed by atoms with Crippen molar-refractivity contribution in [3.05, 3.63) is 29.3 Å². The van der Waals surface area contributed by atoms with E-state index in [1.807, 2.05) is 12.1 Å². The molecule has 0 radical (unpaired) electrons. The molecule has 1 heterocycles. The topological polar surface area (TPSA) is 49.6 Å². The van der Waals surface area contributed by atoms with Gasteiger partial charge in [0.1, 0.15) is 0 Å². The lowest BCUT2D eigenvalue weighted by molar-refractivity contribution is -0.129. The molecule has 0 aromatic heterocycles. The standard InChI is InChI=1S/C14H21N3O/c1-16(2)14(18)7-9-17-8-6-11-4-3-5-13(15)12(11)10-17/h3-5H,6-10,15H2,1-2H3. The van der Waals surface area contributed by atoms with Gasteiger partial charge in [-0.15, -0.1) is 0 Å². The van der Waals surface area contributed by atoms with E-state index >= 15 is 0 Å². The van der Waals surface area contributed by atoms with E-state index in [0.29, 0.717) is 6.42 Å². The predicted molar refractivity (Wildman–Crippen MR) is 73.1 cm³/mol. The lowest BCUT2D eigenvalue weighted by atomic mass is 9.98. The molecule has 18 heavy (non-hydrogen) atoms. The van der Waals surface area contributed by atoms with Crippen molar-refractivity contribution in [1.29, 1.82) is 0 Å². The van der Waals surface area contributed by atoms with Gasteiger partial charge in [-0.25, -0.2) is 0 Å². The van der Waals surface area contributed by atoms with Gasteiger partial charge < -0.3 is 10.6 Å². The Balaban J connectivity index is 1.96. The molecule has 1 aliphatic rings. The van der Waals surface area contributed by atoms with Gasteiger partial charge in [0.2, 0.25) is 5.91 Å². The number of rotatable bonds is 3. The van der Waals surface area contributed by atoms with Crippen LogP contribution in [0.5, 0.6) is 0 Å². The Bertz CT molecular complexity index is 443. The summed E-state index contributed by atoms with van der Waals surface area (Å²) in [5.74, 6) is 0.182. The minimum absolute atomic E-state index is 0.182. The van der Waals surface area contributed by atoms with Gasteiger partial charge in [-0.05, 0) is 23.6 Å². The Hall–Kier alpha value is -1.55. The first-order chi connectivity index (χ1) is 8.58. The number of nitrogens with zero attached hydrogens (tertiary/aromatic N) is 2. The maximum absolute atomic E-state index is 11.6. The molecule has 1 aromatic rings. The average molecular weight is 247 g/mol. The zero-order valence-electron chi connectivity index (χ0n) is 11.1. The van der Waals surface area contributed by atoms with Crippen LogP contribution in [0.3, 0.4) is 0 Å². The summed E-state index contributed by atoms with van der Waals surface area (Å²) in [6.07, 6.45) is 1.60. The molecular weight excluding hydrogens is 226 g/mol. The molecule has 4 heteroatoms. The number of carbonyl (C=O) groups excluding carboxylic acids is 1. The van der Waals surface area contributed by atoms with Gasteiger partial charge in [-0.2, -0.15) is 0 Å².